The van der Waals surface area contributed by atoms with E-state index in [1.54, 1.807) is 0 Å². The summed E-state index contributed by atoms with van der Waals surface area (Å²) in [6.45, 7) is -0.0653. The molecule has 0 aliphatic carbocycles. The minimum atomic E-state index is -0.985. The number of hydrogen-bond donors (Lipinski definition) is 2. The highest BCUT2D eigenvalue weighted by molar-refractivity contribution is 6.32. The molecule has 2 atom stereocenters. The van der Waals surface area contributed by atoms with Crippen LogP contribution >= 0.6 is 0 Å². The second-order valence-corrected chi connectivity index (χ2v) is 2.84. The zero-order chi connectivity index (χ0) is 10.0. The quantitative estimate of drug-likeness (QED) is 0.331. The Kier molecular flexibility index (Phi) is 2.84. The van der Waals surface area contributed by atoms with Gasteiger partial charge in [-0.25, -0.2) is 4.79 Å². The maximum atomic E-state index is 11.1. The van der Waals surface area contributed by atoms with Crippen molar-refractivity contribution in [2.45, 2.75) is 12.2 Å². The van der Waals surface area contributed by atoms with E-state index < -0.39 is 24.1 Å². The van der Waals surface area contributed by atoms with Crippen LogP contribution in [0.1, 0.15) is 0 Å². The number of amides is 1. The number of carbonyl (C=O) groups is 2. The molecule has 6 nitrogen and oxygen atoms in total. The number of esters is 1. The average Bonchev–Trinajstić information content (AvgIpc) is 2.44. The number of ether oxygens (including phenoxy) is 1. The first-order chi connectivity index (χ1) is 6.06. The van der Waals surface area contributed by atoms with Crippen molar-refractivity contribution in [3.8, 4) is 0 Å². The van der Waals surface area contributed by atoms with E-state index in [9.17, 15) is 9.59 Å². The maximum absolute atomic E-state index is 11.1. The van der Waals surface area contributed by atoms with Gasteiger partial charge in [-0.3, -0.25) is 4.79 Å². The Bertz CT molecular complexity index is 219. The topological polar surface area (TPSA) is 87.1 Å². The van der Waals surface area contributed by atoms with Crippen LogP contribution in [-0.4, -0.2) is 59.4 Å². The summed E-state index contributed by atoms with van der Waals surface area (Å²) in [6.07, 6.45) is -1.96. The summed E-state index contributed by atoms with van der Waals surface area (Å²) in [5.74, 6) is -1.82. The first kappa shape index (κ1) is 9.94. The second kappa shape index (κ2) is 3.71. The molecule has 0 aromatic heterocycles. The molecule has 1 aliphatic heterocycles. The van der Waals surface area contributed by atoms with Gasteiger partial charge in [-0.05, 0) is 0 Å². The largest absolute Gasteiger partial charge is 0.462 e. The predicted molar refractivity (Wildman–Crippen MR) is 40.6 cm³/mol. The molecule has 2 N–H and O–H groups in total. The van der Waals surface area contributed by atoms with Gasteiger partial charge in [0, 0.05) is 13.1 Å². The van der Waals surface area contributed by atoms with E-state index in [0.29, 0.717) is 0 Å². The molecule has 2 unspecified atom stereocenters. The molecular formula is C7H11NO5. The van der Waals surface area contributed by atoms with E-state index in [4.69, 9.17) is 10.2 Å². The zero-order valence-corrected chi connectivity index (χ0v) is 7.14. The molecule has 0 aromatic rings. The summed E-state index contributed by atoms with van der Waals surface area (Å²) in [6, 6.07) is 0. The Morgan fingerprint density at radius 3 is 2.15 bits per heavy atom. The molecule has 0 radical (unpaired) electrons. The van der Waals surface area contributed by atoms with Crippen LogP contribution in [0.3, 0.4) is 0 Å². The monoisotopic (exact) mass is 189 g/mol. The van der Waals surface area contributed by atoms with Crippen molar-refractivity contribution in [3.05, 3.63) is 0 Å². The lowest BCUT2D eigenvalue weighted by Crippen LogP contribution is -2.36. The lowest BCUT2D eigenvalue weighted by atomic mass is 10.3. The average molecular weight is 189 g/mol. The fourth-order valence-corrected chi connectivity index (χ4v) is 1.15. The molecule has 0 spiro atoms. The predicted octanol–water partition coefficient (Wildman–Crippen LogP) is -2.28. The van der Waals surface area contributed by atoms with E-state index in [1.807, 2.05) is 0 Å². The Labute approximate surface area is 74.7 Å². The number of rotatable bonds is 0. The minimum Gasteiger partial charge on any atom is -0.462 e. The smallest absolute Gasteiger partial charge is 0.396 e. The number of aliphatic hydroxyl groups is 2. The number of nitrogens with zero attached hydrogens (tertiary/aromatic N) is 1. The fourth-order valence-electron chi connectivity index (χ4n) is 1.15. The number of methoxy groups -OCH3 is 1. The Morgan fingerprint density at radius 2 is 1.77 bits per heavy atom. The van der Waals surface area contributed by atoms with Crippen LogP contribution in [0, 0.1) is 0 Å². The van der Waals surface area contributed by atoms with Gasteiger partial charge in [-0.1, -0.05) is 0 Å². The SMILES string of the molecule is COC(=O)C(=O)N1CC(O)C(O)C1. The molecule has 1 saturated heterocycles. The molecule has 1 fully saturated rings. The Balaban J connectivity index is 2.56. The molecule has 0 saturated carbocycles. The molecule has 0 bridgehead atoms. The fraction of sp³-hybridized carbons (Fsp3) is 0.714. The lowest BCUT2D eigenvalue weighted by Gasteiger charge is -2.12. The van der Waals surface area contributed by atoms with Gasteiger partial charge in [0.05, 0.1) is 19.3 Å². The molecule has 13 heavy (non-hydrogen) atoms. The highest BCUT2D eigenvalue weighted by Crippen LogP contribution is 2.10. The maximum Gasteiger partial charge on any atom is 0.396 e. The van der Waals surface area contributed by atoms with Crippen LogP contribution in [0.15, 0.2) is 0 Å². The molecule has 1 aliphatic rings. The lowest BCUT2D eigenvalue weighted by molar-refractivity contribution is -0.157. The molecule has 1 heterocycles. The highest BCUT2D eigenvalue weighted by Gasteiger charge is 2.35. The van der Waals surface area contributed by atoms with Gasteiger partial charge < -0.3 is 19.8 Å². The molecule has 1 amide bonds. The molecule has 6 heteroatoms. The number of carbonyl (C=O) groups excluding carboxylic acids is 2. The number of β-amino-alcohol motifs (C(OH)–C–C–N with tert-alkyl or cyclic N) is 2. The summed E-state index contributed by atoms with van der Waals surface area (Å²) in [5, 5.41) is 18.2. The van der Waals surface area contributed by atoms with E-state index in [1.165, 1.54) is 0 Å². The van der Waals surface area contributed by atoms with E-state index in [2.05, 4.69) is 4.74 Å². The Morgan fingerprint density at radius 1 is 1.31 bits per heavy atom. The van der Waals surface area contributed by atoms with Gasteiger partial charge in [0.1, 0.15) is 0 Å². The number of aliphatic hydroxyl groups excluding tert-OH is 2. The normalized spacial score (nSPS) is 27.5. The minimum absolute atomic E-state index is 0.0326. The third-order valence-corrected chi connectivity index (χ3v) is 1.91. The summed E-state index contributed by atoms with van der Waals surface area (Å²) in [4.78, 5) is 22.9. The standard InChI is InChI=1S/C7H11NO5/c1-13-7(12)6(11)8-2-4(9)5(10)3-8/h4-5,9-10H,2-3H2,1H3. The summed E-state index contributed by atoms with van der Waals surface area (Å²) >= 11 is 0. The number of likely N-dealkylation sites (tertiary alicyclic amines) is 1. The Hall–Kier alpha value is -1.14. The van der Waals surface area contributed by atoms with Crippen LogP contribution in [-0.2, 0) is 14.3 Å². The zero-order valence-electron chi connectivity index (χ0n) is 7.14. The van der Waals surface area contributed by atoms with Crippen LogP contribution in [0.2, 0.25) is 0 Å². The van der Waals surface area contributed by atoms with Crippen molar-refractivity contribution in [1.29, 1.82) is 0 Å². The third kappa shape index (κ3) is 1.96. The van der Waals surface area contributed by atoms with Crippen LogP contribution < -0.4 is 0 Å². The van der Waals surface area contributed by atoms with Gasteiger partial charge in [0.15, 0.2) is 0 Å². The molecule has 1 rings (SSSR count). The first-order valence-electron chi connectivity index (χ1n) is 3.79. The summed E-state index contributed by atoms with van der Waals surface area (Å²) in [5.41, 5.74) is 0. The van der Waals surface area contributed by atoms with Crippen molar-refractivity contribution in [3.63, 3.8) is 0 Å². The van der Waals surface area contributed by atoms with Crippen LogP contribution in [0.25, 0.3) is 0 Å². The van der Waals surface area contributed by atoms with Crippen molar-refractivity contribution in [1.82, 2.24) is 4.90 Å². The van der Waals surface area contributed by atoms with Crippen LogP contribution in [0.4, 0.5) is 0 Å². The van der Waals surface area contributed by atoms with Crippen molar-refractivity contribution >= 4 is 11.9 Å². The van der Waals surface area contributed by atoms with Crippen molar-refractivity contribution < 1.29 is 24.5 Å². The third-order valence-electron chi connectivity index (χ3n) is 1.91. The highest BCUT2D eigenvalue weighted by atomic mass is 16.5. The first-order valence-corrected chi connectivity index (χ1v) is 3.79. The van der Waals surface area contributed by atoms with E-state index in [-0.39, 0.29) is 13.1 Å². The molecule has 0 aromatic carbocycles. The molecular weight excluding hydrogens is 178 g/mol. The summed E-state index contributed by atoms with van der Waals surface area (Å²) in [7, 11) is 1.10. The second-order valence-electron chi connectivity index (χ2n) is 2.84. The number of hydrogen-bond acceptors (Lipinski definition) is 5. The van der Waals surface area contributed by atoms with Gasteiger partial charge in [-0.2, -0.15) is 0 Å². The van der Waals surface area contributed by atoms with Gasteiger partial charge in [0.2, 0.25) is 0 Å². The van der Waals surface area contributed by atoms with Gasteiger partial charge in [0.25, 0.3) is 0 Å². The van der Waals surface area contributed by atoms with Crippen molar-refractivity contribution in [2.24, 2.45) is 0 Å². The van der Waals surface area contributed by atoms with E-state index in [0.717, 1.165) is 12.0 Å². The van der Waals surface area contributed by atoms with Gasteiger partial charge in [-0.15, -0.1) is 0 Å². The van der Waals surface area contributed by atoms with Crippen molar-refractivity contribution in [2.75, 3.05) is 20.2 Å². The van der Waals surface area contributed by atoms with E-state index >= 15 is 0 Å². The molecule has 74 valence electrons. The van der Waals surface area contributed by atoms with Crippen LogP contribution in [0.5, 0.6) is 0 Å². The summed E-state index contributed by atoms with van der Waals surface area (Å²) < 4.78 is 4.20. The van der Waals surface area contributed by atoms with Gasteiger partial charge >= 0.3 is 11.9 Å².